The molecule has 3 heterocycles. The molecule has 26 heavy (non-hydrogen) atoms. The standard InChI is InChI=1S/C20H25N3O3/c24-18-6-7-20(21-18)12-23(13-20)19(25)22-9-14(10-22)11-26-17-5-4-15-2-1-3-16(15)8-17/h4-5,8,14H,1-3,6-7,9-13H2,(H,21,24). The fourth-order valence-corrected chi connectivity index (χ4v) is 4.71. The fourth-order valence-electron chi connectivity index (χ4n) is 4.71. The SMILES string of the molecule is O=C1CCC2(CN(C(=O)N3CC(COc4ccc5c(c4)CCC5)C3)C2)N1. The van der Waals surface area contributed by atoms with Crippen LogP contribution in [-0.4, -0.2) is 60.1 Å². The molecule has 1 N–H and O–H groups in total. The van der Waals surface area contributed by atoms with Gasteiger partial charge in [0.25, 0.3) is 0 Å². The van der Waals surface area contributed by atoms with Crippen LogP contribution in [0.2, 0.25) is 0 Å². The second-order valence-corrected chi connectivity index (χ2v) is 8.33. The number of hydrogen-bond acceptors (Lipinski definition) is 3. The van der Waals surface area contributed by atoms with Crippen LogP contribution in [-0.2, 0) is 17.6 Å². The molecule has 3 fully saturated rings. The Morgan fingerprint density at radius 1 is 1.15 bits per heavy atom. The van der Waals surface area contributed by atoms with E-state index in [2.05, 4.69) is 23.5 Å². The van der Waals surface area contributed by atoms with Crippen LogP contribution in [0.4, 0.5) is 4.79 Å². The summed E-state index contributed by atoms with van der Waals surface area (Å²) in [4.78, 5) is 27.6. The van der Waals surface area contributed by atoms with E-state index < -0.39 is 0 Å². The summed E-state index contributed by atoms with van der Waals surface area (Å²) in [5.74, 6) is 1.48. The maximum absolute atomic E-state index is 12.5. The van der Waals surface area contributed by atoms with Gasteiger partial charge in [-0.25, -0.2) is 4.79 Å². The lowest BCUT2D eigenvalue weighted by atomic mass is 9.88. The summed E-state index contributed by atoms with van der Waals surface area (Å²) in [5.41, 5.74) is 2.76. The molecule has 1 aromatic carbocycles. The van der Waals surface area contributed by atoms with Crippen LogP contribution in [0.1, 0.15) is 30.4 Å². The van der Waals surface area contributed by atoms with Gasteiger partial charge in [0.1, 0.15) is 5.75 Å². The Labute approximate surface area is 153 Å². The first-order valence-electron chi connectivity index (χ1n) is 9.70. The van der Waals surface area contributed by atoms with Gasteiger partial charge in [-0.15, -0.1) is 0 Å². The maximum Gasteiger partial charge on any atom is 0.320 e. The van der Waals surface area contributed by atoms with Gasteiger partial charge >= 0.3 is 6.03 Å². The maximum atomic E-state index is 12.5. The number of fused-ring (bicyclic) bond motifs is 1. The second-order valence-electron chi connectivity index (χ2n) is 8.33. The normalized spacial score (nSPS) is 23.5. The van der Waals surface area contributed by atoms with E-state index in [0.717, 1.165) is 31.7 Å². The Morgan fingerprint density at radius 3 is 2.73 bits per heavy atom. The van der Waals surface area contributed by atoms with Gasteiger partial charge in [0.15, 0.2) is 0 Å². The first-order chi connectivity index (χ1) is 12.6. The molecule has 1 aliphatic carbocycles. The topological polar surface area (TPSA) is 61.9 Å². The molecule has 0 unspecified atom stereocenters. The first kappa shape index (κ1) is 16.0. The van der Waals surface area contributed by atoms with Crippen LogP contribution in [0.3, 0.4) is 0 Å². The third-order valence-electron chi connectivity index (χ3n) is 6.28. The average Bonchev–Trinajstić information content (AvgIpc) is 3.17. The predicted octanol–water partition coefficient (Wildman–Crippen LogP) is 1.57. The van der Waals surface area contributed by atoms with Crippen molar-refractivity contribution in [3.63, 3.8) is 0 Å². The number of rotatable bonds is 3. The highest BCUT2D eigenvalue weighted by atomic mass is 16.5. The molecule has 4 aliphatic rings. The number of urea groups is 1. The zero-order valence-electron chi connectivity index (χ0n) is 15.0. The van der Waals surface area contributed by atoms with E-state index in [1.807, 2.05) is 9.80 Å². The van der Waals surface area contributed by atoms with Gasteiger partial charge in [-0.3, -0.25) is 4.79 Å². The quantitative estimate of drug-likeness (QED) is 0.895. The van der Waals surface area contributed by atoms with Gasteiger partial charge < -0.3 is 19.9 Å². The van der Waals surface area contributed by atoms with Crippen molar-refractivity contribution >= 4 is 11.9 Å². The van der Waals surface area contributed by atoms with Crippen LogP contribution in [0.25, 0.3) is 0 Å². The molecule has 6 nitrogen and oxygen atoms in total. The van der Waals surface area contributed by atoms with E-state index >= 15 is 0 Å². The molecule has 3 amide bonds. The van der Waals surface area contributed by atoms with Gasteiger partial charge in [0.05, 0.1) is 12.1 Å². The van der Waals surface area contributed by atoms with Crippen molar-refractivity contribution < 1.29 is 14.3 Å². The highest BCUT2D eigenvalue weighted by Crippen LogP contribution is 2.32. The number of nitrogens with zero attached hydrogens (tertiary/aromatic N) is 2. The van der Waals surface area contributed by atoms with Crippen molar-refractivity contribution in [2.24, 2.45) is 5.92 Å². The Hall–Kier alpha value is -2.24. The van der Waals surface area contributed by atoms with E-state index in [4.69, 9.17) is 4.74 Å². The summed E-state index contributed by atoms with van der Waals surface area (Å²) in [6, 6.07) is 6.54. The number of benzene rings is 1. The minimum absolute atomic E-state index is 0.102. The minimum Gasteiger partial charge on any atom is -0.493 e. The van der Waals surface area contributed by atoms with E-state index in [1.165, 1.54) is 24.0 Å². The molecule has 3 saturated heterocycles. The van der Waals surface area contributed by atoms with Crippen LogP contribution in [0.5, 0.6) is 5.75 Å². The lowest BCUT2D eigenvalue weighted by Crippen LogP contribution is -2.71. The molecular formula is C20H25N3O3. The fraction of sp³-hybridized carbons (Fsp3) is 0.600. The number of carbonyl (C=O) groups excluding carboxylic acids is 2. The number of hydrogen-bond donors (Lipinski definition) is 1. The largest absolute Gasteiger partial charge is 0.493 e. The number of aryl methyl sites for hydroxylation is 2. The molecule has 0 atom stereocenters. The van der Waals surface area contributed by atoms with E-state index in [-0.39, 0.29) is 17.5 Å². The Bertz CT molecular complexity index is 751. The van der Waals surface area contributed by atoms with E-state index in [0.29, 0.717) is 32.0 Å². The summed E-state index contributed by atoms with van der Waals surface area (Å²) < 4.78 is 5.95. The lowest BCUT2D eigenvalue weighted by Gasteiger charge is -2.51. The van der Waals surface area contributed by atoms with Crippen molar-refractivity contribution in [3.05, 3.63) is 29.3 Å². The molecule has 138 valence electrons. The number of amides is 3. The average molecular weight is 355 g/mol. The minimum atomic E-state index is -0.131. The van der Waals surface area contributed by atoms with E-state index in [9.17, 15) is 9.59 Å². The molecule has 0 bridgehead atoms. The van der Waals surface area contributed by atoms with Gasteiger partial charge in [0.2, 0.25) is 5.91 Å². The highest BCUT2D eigenvalue weighted by Gasteiger charge is 2.51. The monoisotopic (exact) mass is 355 g/mol. The second kappa shape index (κ2) is 5.89. The molecule has 3 aliphatic heterocycles. The Morgan fingerprint density at radius 2 is 1.96 bits per heavy atom. The van der Waals surface area contributed by atoms with Crippen LogP contribution >= 0.6 is 0 Å². The molecule has 1 aromatic rings. The predicted molar refractivity (Wildman–Crippen MR) is 96.1 cm³/mol. The lowest BCUT2D eigenvalue weighted by molar-refractivity contribution is -0.120. The third-order valence-corrected chi connectivity index (χ3v) is 6.28. The van der Waals surface area contributed by atoms with Crippen molar-refractivity contribution in [1.82, 2.24) is 15.1 Å². The van der Waals surface area contributed by atoms with Crippen LogP contribution in [0.15, 0.2) is 18.2 Å². The smallest absolute Gasteiger partial charge is 0.320 e. The number of likely N-dealkylation sites (tertiary alicyclic amines) is 2. The van der Waals surface area contributed by atoms with Gasteiger partial charge in [0, 0.05) is 38.5 Å². The molecule has 1 spiro atoms. The van der Waals surface area contributed by atoms with Gasteiger partial charge in [-0.1, -0.05) is 6.07 Å². The summed E-state index contributed by atoms with van der Waals surface area (Å²) in [6.45, 7) is 3.51. The van der Waals surface area contributed by atoms with Gasteiger partial charge in [-0.05, 0) is 48.9 Å². The van der Waals surface area contributed by atoms with Gasteiger partial charge in [-0.2, -0.15) is 0 Å². The molecular weight excluding hydrogens is 330 g/mol. The number of nitrogens with one attached hydrogen (secondary N) is 1. The van der Waals surface area contributed by atoms with Crippen molar-refractivity contribution in [3.8, 4) is 5.75 Å². The number of carbonyl (C=O) groups is 2. The molecule has 0 radical (unpaired) electrons. The molecule has 5 rings (SSSR count). The summed E-state index contributed by atoms with van der Waals surface area (Å²) in [7, 11) is 0. The number of ether oxygens (including phenoxy) is 1. The summed E-state index contributed by atoms with van der Waals surface area (Å²) in [5, 5.41) is 3.02. The summed E-state index contributed by atoms with van der Waals surface area (Å²) >= 11 is 0. The van der Waals surface area contributed by atoms with Crippen molar-refractivity contribution in [2.75, 3.05) is 32.8 Å². The molecule has 6 heteroatoms. The third kappa shape index (κ3) is 2.72. The molecule has 0 aromatic heterocycles. The van der Waals surface area contributed by atoms with Crippen molar-refractivity contribution in [1.29, 1.82) is 0 Å². The Balaban J connectivity index is 1.06. The first-order valence-corrected chi connectivity index (χ1v) is 9.70. The highest BCUT2D eigenvalue weighted by molar-refractivity contribution is 5.82. The summed E-state index contributed by atoms with van der Waals surface area (Å²) in [6.07, 6.45) is 5.05. The van der Waals surface area contributed by atoms with Crippen LogP contribution in [0, 0.1) is 5.92 Å². The zero-order valence-corrected chi connectivity index (χ0v) is 15.0. The zero-order chi connectivity index (χ0) is 17.7. The van der Waals surface area contributed by atoms with Crippen LogP contribution < -0.4 is 10.1 Å². The van der Waals surface area contributed by atoms with E-state index in [1.54, 1.807) is 0 Å². The Kier molecular flexibility index (Phi) is 3.62. The van der Waals surface area contributed by atoms with Crippen molar-refractivity contribution in [2.45, 2.75) is 37.6 Å². The molecule has 0 saturated carbocycles.